The molecule has 0 aromatic carbocycles. The molecule has 0 fully saturated rings. The third-order valence-corrected chi connectivity index (χ3v) is 1.65. The van der Waals surface area contributed by atoms with Crippen LogP contribution in [0.15, 0.2) is 6.20 Å². The summed E-state index contributed by atoms with van der Waals surface area (Å²) in [6, 6.07) is 0. The number of aromatic nitrogens is 2. The molecule has 1 aromatic heterocycles. The number of H-pyrrole nitrogens is 1. The van der Waals surface area contributed by atoms with Gasteiger partial charge in [0.2, 0.25) is 5.82 Å². The van der Waals surface area contributed by atoms with Crippen LogP contribution in [0.5, 0.6) is 0 Å². The van der Waals surface area contributed by atoms with Gasteiger partial charge in [-0.1, -0.05) is 20.8 Å². The molecule has 0 aliphatic rings. The monoisotopic (exact) mass is 192 g/mol. The fourth-order valence-electron chi connectivity index (χ4n) is 0.846. The van der Waals surface area contributed by atoms with Crippen molar-refractivity contribution in [2.75, 3.05) is 0 Å². The van der Waals surface area contributed by atoms with Gasteiger partial charge in [0, 0.05) is 17.3 Å². The van der Waals surface area contributed by atoms with E-state index in [1.54, 1.807) is 0 Å². The van der Waals surface area contributed by atoms with Crippen LogP contribution in [0.4, 0.5) is 13.2 Å². The smallest absolute Gasteiger partial charge is 0.338 e. The molecule has 1 aromatic rings. The lowest BCUT2D eigenvalue weighted by molar-refractivity contribution is -0.144. The van der Waals surface area contributed by atoms with Gasteiger partial charge in [-0.2, -0.15) is 13.2 Å². The second kappa shape index (κ2) is 2.75. The molecule has 2 nitrogen and oxygen atoms in total. The zero-order valence-corrected chi connectivity index (χ0v) is 7.66. The van der Waals surface area contributed by atoms with Gasteiger partial charge in [0.05, 0.1) is 0 Å². The highest BCUT2D eigenvalue weighted by Crippen LogP contribution is 2.29. The van der Waals surface area contributed by atoms with Crippen molar-refractivity contribution in [2.45, 2.75) is 32.4 Å². The van der Waals surface area contributed by atoms with Gasteiger partial charge in [-0.05, 0) is 0 Å². The van der Waals surface area contributed by atoms with E-state index in [1.165, 1.54) is 6.20 Å². The maximum atomic E-state index is 12.1. The summed E-state index contributed by atoms with van der Waals surface area (Å²) in [5.74, 6) is -0.933. The molecule has 0 saturated heterocycles. The first-order valence-electron chi connectivity index (χ1n) is 3.84. The topological polar surface area (TPSA) is 28.7 Å². The molecule has 0 spiro atoms. The lowest BCUT2D eigenvalue weighted by atomic mass is 9.93. The van der Waals surface area contributed by atoms with E-state index in [1.807, 2.05) is 20.8 Å². The Balaban J connectivity index is 3.01. The van der Waals surface area contributed by atoms with E-state index in [9.17, 15) is 13.2 Å². The predicted molar refractivity (Wildman–Crippen MR) is 42.3 cm³/mol. The van der Waals surface area contributed by atoms with Crippen LogP contribution in [0.25, 0.3) is 0 Å². The first-order chi connectivity index (χ1) is 5.71. The third-order valence-electron chi connectivity index (χ3n) is 1.65. The van der Waals surface area contributed by atoms with E-state index in [0.29, 0.717) is 5.69 Å². The van der Waals surface area contributed by atoms with Crippen molar-refractivity contribution in [3.8, 4) is 0 Å². The Hall–Kier alpha value is -1.00. The minimum atomic E-state index is -4.39. The number of aromatic amines is 1. The number of nitrogens with zero attached hydrogens (tertiary/aromatic N) is 1. The lowest BCUT2D eigenvalue weighted by Crippen LogP contribution is -2.13. The van der Waals surface area contributed by atoms with Crippen molar-refractivity contribution in [3.05, 3.63) is 17.7 Å². The maximum Gasteiger partial charge on any atom is 0.449 e. The van der Waals surface area contributed by atoms with E-state index in [4.69, 9.17) is 0 Å². The van der Waals surface area contributed by atoms with E-state index in [0.717, 1.165) is 0 Å². The minimum absolute atomic E-state index is 0.337. The van der Waals surface area contributed by atoms with Gasteiger partial charge in [-0.3, -0.25) is 0 Å². The standard InChI is InChI=1S/C8H11F3N2/c1-7(2,3)5-4-12-6(13-5)8(9,10)11/h4H,1-3H3,(H,12,13). The molecule has 5 heteroatoms. The zero-order chi connectivity index (χ0) is 10.3. The molecule has 1 rings (SSSR count). The van der Waals surface area contributed by atoms with Crippen LogP contribution in [0.2, 0.25) is 0 Å². The maximum absolute atomic E-state index is 12.1. The highest BCUT2D eigenvalue weighted by Gasteiger charge is 2.35. The Kier molecular flexibility index (Phi) is 2.13. The number of hydrogen-bond donors (Lipinski definition) is 1. The fourth-order valence-corrected chi connectivity index (χ4v) is 0.846. The molecule has 0 saturated carbocycles. The molecule has 1 heterocycles. The summed E-state index contributed by atoms with van der Waals surface area (Å²) >= 11 is 0. The van der Waals surface area contributed by atoms with Crippen LogP contribution in [0, 0.1) is 0 Å². The lowest BCUT2D eigenvalue weighted by Gasteiger charge is -2.15. The van der Waals surface area contributed by atoms with Gasteiger partial charge >= 0.3 is 6.18 Å². The molecule has 0 amide bonds. The number of hydrogen-bond acceptors (Lipinski definition) is 1. The van der Waals surface area contributed by atoms with Crippen LogP contribution < -0.4 is 0 Å². The summed E-state index contributed by atoms with van der Waals surface area (Å²) in [5, 5.41) is 0. The van der Waals surface area contributed by atoms with E-state index < -0.39 is 12.0 Å². The van der Waals surface area contributed by atoms with Gasteiger partial charge in [0.15, 0.2) is 0 Å². The van der Waals surface area contributed by atoms with Gasteiger partial charge in [0.1, 0.15) is 0 Å². The van der Waals surface area contributed by atoms with Gasteiger partial charge in [0.25, 0.3) is 0 Å². The number of nitrogens with one attached hydrogen (secondary N) is 1. The molecule has 0 aliphatic carbocycles. The fraction of sp³-hybridized carbons (Fsp3) is 0.625. The molecule has 1 N–H and O–H groups in total. The molecular weight excluding hydrogens is 181 g/mol. The number of alkyl halides is 3. The van der Waals surface area contributed by atoms with Crippen molar-refractivity contribution in [2.24, 2.45) is 0 Å². The average Bonchev–Trinajstić information content (AvgIpc) is 2.28. The Morgan fingerprint density at radius 1 is 1.23 bits per heavy atom. The predicted octanol–water partition coefficient (Wildman–Crippen LogP) is 2.73. The third kappa shape index (κ3) is 2.23. The molecule has 0 unspecified atom stereocenters. The first kappa shape index (κ1) is 10.1. The molecule has 0 radical (unpaired) electrons. The Labute approximate surface area is 74.2 Å². The minimum Gasteiger partial charge on any atom is -0.338 e. The van der Waals surface area contributed by atoms with Gasteiger partial charge in [-0.15, -0.1) is 0 Å². The average molecular weight is 192 g/mol. The quantitative estimate of drug-likeness (QED) is 0.672. The Morgan fingerprint density at radius 3 is 2.00 bits per heavy atom. The SMILES string of the molecule is CC(C)(C)c1cnc(C(F)(F)F)[nH]1. The first-order valence-corrected chi connectivity index (χ1v) is 3.84. The van der Waals surface area contributed by atoms with Crippen LogP contribution in [-0.4, -0.2) is 9.97 Å². The Bertz CT molecular complexity index is 265. The van der Waals surface area contributed by atoms with Crippen LogP contribution in [0.3, 0.4) is 0 Å². The number of halogens is 3. The summed E-state index contributed by atoms with van der Waals surface area (Å²) in [7, 11) is 0. The molecule has 74 valence electrons. The van der Waals surface area contributed by atoms with Crippen LogP contribution in [0.1, 0.15) is 32.3 Å². The molecule has 0 aliphatic heterocycles. The summed E-state index contributed by atoms with van der Waals surface area (Å²) in [4.78, 5) is 5.53. The van der Waals surface area contributed by atoms with E-state index in [-0.39, 0.29) is 5.41 Å². The summed E-state index contributed by atoms with van der Waals surface area (Å²) < 4.78 is 36.3. The van der Waals surface area contributed by atoms with E-state index >= 15 is 0 Å². The van der Waals surface area contributed by atoms with Crippen LogP contribution >= 0.6 is 0 Å². The zero-order valence-electron chi connectivity index (χ0n) is 7.66. The van der Waals surface area contributed by atoms with Crippen LogP contribution in [-0.2, 0) is 11.6 Å². The molecule has 13 heavy (non-hydrogen) atoms. The molecular formula is C8H11F3N2. The normalized spacial score (nSPS) is 13.4. The van der Waals surface area contributed by atoms with Crippen molar-refractivity contribution >= 4 is 0 Å². The number of rotatable bonds is 0. The second-order valence-corrected chi connectivity index (χ2v) is 3.89. The van der Waals surface area contributed by atoms with Gasteiger partial charge in [-0.25, -0.2) is 4.98 Å². The highest BCUT2D eigenvalue weighted by atomic mass is 19.4. The highest BCUT2D eigenvalue weighted by molar-refractivity contribution is 5.12. The van der Waals surface area contributed by atoms with Crippen molar-refractivity contribution in [1.82, 2.24) is 9.97 Å². The number of imidazole rings is 1. The van der Waals surface area contributed by atoms with E-state index in [2.05, 4.69) is 9.97 Å². The van der Waals surface area contributed by atoms with Gasteiger partial charge < -0.3 is 4.98 Å². The van der Waals surface area contributed by atoms with Crippen molar-refractivity contribution in [3.63, 3.8) is 0 Å². The summed E-state index contributed by atoms with van der Waals surface area (Å²) in [5.41, 5.74) is 0.149. The second-order valence-electron chi connectivity index (χ2n) is 3.89. The summed E-state index contributed by atoms with van der Waals surface area (Å²) in [6.45, 7) is 5.46. The molecule has 0 bridgehead atoms. The molecule has 0 atom stereocenters. The Morgan fingerprint density at radius 2 is 1.77 bits per heavy atom. The van der Waals surface area contributed by atoms with Crippen molar-refractivity contribution in [1.29, 1.82) is 0 Å². The summed E-state index contributed by atoms with van der Waals surface area (Å²) in [6.07, 6.45) is -3.16. The van der Waals surface area contributed by atoms with Crippen molar-refractivity contribution < 1.29 is 13.2 Å². The largest absolute Gasteiger partial charge is 0.449 e.